The van der Waals surface area contributed by atoms with Gasteiger partial charge in [0.25, 0.3) is 0 Å². The number of methoxy groups -OCH3 is 1. The van der Waals surface area contributed by atoms with Crippen molar-refractivity contribution in [1.82, 2.24) is 9.78 Å². The SMILES string of the molecule is COc1ccc(C(N)CSc2cnn(C)c2)cc1F. The first-order valence-electron chi connectivity index (χ1n) is 5.80. The van der Waals surface area contributed by atoms with Crippen molar-refractivity contribution < 1.29 is 9.13 Å². The predicted molar refractivity (Wildman–Crippen MR) is 73.8 cm³/mol. The first-order chi connectivity index (χ1) is 9.10. The molecule has 0 radical (unpaired) electrons. The number of ether oxygens (including phenoxy) is 1. The molecule has 0 saturated carbocycles. The molecule has 1 heterocycles. The number of hydrogen-bond donors (Lipinski definition) is 1. The number of aromatic nitrogens is 2. The second-order valence-corrected chi connectivity index (χ2v) is 5.25. The highest BCUT2D eigenvalue weighted by molar-refractivity contribution is 7.99. The van der Waals surface area contributed by atoms with Crippen LogP contribution in [0, 0.1) is 5.82 Å². The summed E-state index contributed by atoms with van der Waals surface area (Å²) in [5, 5.41) is 4.08. The van der Waals surface area contributed by atoms with Crippen LogP contribution in [-0.2, 0) is 7.05 Å². The maximum Gasteiger partial charge on any atom is 0.165 e. The van der Waals surface area contributed by atoms with Crippen molar-refractivity contribution in [2.24, 2.45) is 12.8 Å². The average molecular weight is 281 g/mol. The van der Waals surface area contributed by atoms with Crippen LogP contribution in [0.3, 0.4) is 0 Å². The molecule has 1 aromatic carbocycles. The summed E-state index contributed by atoms with van der Waals surface area (Å²) in [7, 11) is 3.30. The smallest absolute Gasteiger partial charge is 0.165 e. The van der Waals surface area contributed by atoms with E-state index in [0.29, 0.717) is 5.75 Å². The minimum atomic E-state index is -0.387. The summed E-state index contributed by atoms with van der Waals surface area (Å²) >= 11 is 1.60. The van der Waals surface area contributed by atoms with Crippen LogP contribution in [-0.4, -0.2) is 22.6 Å². The van der Waals surface area contributed by atoms with E-state index in [-0.39, 0.29) is 17.6 Å². The standard InChI is InChI=1S/C13H16FN3OS/c1-17-7-10(6-16-17)19-8-12(15)9-3-4-13(18-2)11(14)5-9/h3-7,12H,8,15H2,1-2H3. The maximum atomic E-state index is 13.6. The van der Waals surface area contributed by atoms with Gasteiger partial charge in [-0.15, -0.1) is 11.8 Å². The van der Waals surface area contributed by atoms with Gasteiger partial charge >= 0.3 is 0 Å². The lowest BCUT2D eigenvalue weighted by molar-refractivity contribution is 0.386. The molecule has 1 atom stereocenters. The molecule has 2 aromatic rings. The van der Waals surface area contributed by atoms with Crippen molar-refractivity contribution in [1.29, 1.82) is 0 Å². The number of halogens is 1. The van der Waals surface area contributed by atoms with E-state index >= 15 is 0 Å². The lowest BCUT2D eigenvalue weighted by Crippen LogP contribution is -2.13. The highest BCUT2D eigenvalue weighted by Gasteiger charge is 2.11. The summed E-state index contributed by atoms with van der Waals surface area (Å²) in [5.74, 6) is 0.509. The number of nitrogens with two attached hydrogens (primary N) is 1. The van der Waals surface area contributed by atoms with Crippen LogP contribution in [0.15, 0.2) is 35.5 Å². The maximum absolute atomic E-state index is 13.6. The zero-order valence-electron chi connectivity index (χ0n) is 10.8. The topological polar surface area (TPSA) is 53.1 Å². The van der Waals surface area contributed by atoms with E-state index in [4.69, 9.17) is 10.5 Å². The number of hydrogen-bond acceptors (Lipinski definition) is 4. The molecule has 0 aliphatic rings. The highest BCUT2D eigenvalue weighted by atomic mass is 32.2. The minimum absolute atomic E-state index is 0.231. The van der Waals surface area contributed by atoms with E-state index in [9.17, 15) is 4.39 Å². The van der Waals surface area contributed by atoms with E-state index in [2.05, 4.69) is 5.10 Å². The molecule has 2 rings (SSSR count). The van der Waals surface area contributed by atoms with Gasteiger partial charge in [0.15, 0.2) is 11.6 Å². The van der Waals surface area contributed by atoms with Crippen LogP contribution >= 0.6 is 11.8 Å². The highest BCUT2D eigenvalue weighted by Crippen LogP contribution is 2.25. The molecular weight excluding hydrogens is 265 g/mol. The monoisotopic (exact) mass is 281 g/mol. The third-order valence-corrected chi connectivity index (χ3v) is 3.78. The molecule has 1 aromatic heterocycles. The van der Waals surface area contributed by atoms with Gasteiger partial charge in [-0.1, -0.05) is 6.07 Å². The molecule has 0 fully saturated rings. The minimum Gasteiger partial charge on any atom is -0.494 e. The van der Waals surface area contributed by atoms with Gasteiger partial charge in [0.05, 0.1) is 13.3 Å². The van der Waals surface area contributed by atoms with Gasteiger partial charge in [0.2, 0.25) is 0 Å². The third kappa shape index (κ3) is 3.48. The van der Waals surface area contributed by atoms with Gasteiger partial charge < -0.3 is 10.5 Å². The molecule has 6 heteroatoms. The van der Waals surface area contributed by atoms with Gasteiger partial charge in [0, 0.05) is 29.9 Å². The quantitative estimate of drug-likeness (QED) is 0.855. The summed E-state index contributed by atoms with van der Waals surface area (Å²) < 4.78 is 20.2. The molecule has 2 N–H and O–H groups in total. The molecule has 0 amide bonds. The van der Waals surface area contributed by atoms with E-state index in [1.54, 1.807) is 34.8 Å². The number of aryl methyl sites for hydroxylation is 1. The van der Waals surface area contributed by atoms with Gasteiger partial charge in [-0.2, -0.15) is 5.10 Å². The van der Waals surface area contributed by atoms with Gasteiger partial charge in [-0.25, -0.2) is 4.39 Å². The zero-order valence-corrected chi connectivity index (χ0v) is 11.7. The Bertz CT molecular complexity index is 559. The first-order valence-corrected chi connectivity index (χ1v) is 6.79. The van der Waals surface area contributed by atoms with Crippen LogP contribution in [0.4, 0.5) is 4.39 Å². The Morgan fingerprint density at radius 1 is 1.53 bits per heavy atom. The summed E-state index contributed by atoms with van der Waals surface area (Å²) in [6.45, 7) is 0. The molecule has 4 nitrogen and oxygen atoms in total. The van der Waals surface area contributed by atoms with Gasteiger partial charge in [-0.3, -0.25) is 4.68 Å². The number of thioether (sulfide) groups is 1. The van der Waals surface area contributed by atoms with Crippen molar-refractivity contribution in [2.45, 2.75) is 10.9 Å². The van der Waals surface area contributed by atoms with Crippen LogP contribution in [0.25, 0.3) is 0 Å². The second kappa shape index (κ2) is 6.08. The Morgan fingerprint density at radius 2 is 2.32 bits per heavy atom. The number of rotatable bonds is 5. The van der Waals surface area contributed by atoms with Crippen molar-refractivity contribution in [3.63, 3.8) is 0 Å². The Morgan fingerprint density at radius 3 is 2.89 bits per heavy atom. The fourth-order valence-corrected chi connectivity index (χ4v) is 2.58. The molecule has 0 spiro atoms. The molecule has 0 bridgehead atoms. The Kier molecular flexibility index (Phi) is 4.44. The number of benzene rings is 1. The largest absolute Gasteiger partial charge is 0.494 e. The van der Waals surface area contributed by atoms with E-state index in [0.717, 1.165) is 10.5 Å². The molecule has 19 heavy (non-hydrogen) atoms. The van der Waals surface area contributed by atoms with Crippen LogP contribution in [0.2, 0.25) is 0 Å². The van der Waals surface area contributed by atoms with Crippen molar-refractivity contribution in [3.05, 3.63) is 42.0 Å². The number of nitrogens with zero attached hydrogens (tertiary/aromatic N) is 2. The summed E-state index contributed by atoms with van der Waals surface area (Å²) in [4.78, 5) is 1.05. The average Bonchev–Trinajstić information content (AvgIpc) is 2.81. The van der Waals surface area contributed by atoms with Crippen molar-refractivity contribution in [3.8, 4) is 5.75 Å². The van der Waals surface area contributed by atoms with E-state index in [1.165, 1.54) is 13.2 Å². The van der Waals surface area contributed by atoms with Gasteiger partial charge in [0.1, 0.15) is 0 Å². The van der Waals surface area contributed by atoms with Crippen LogP contribution in [0.1, 0.15) is 11.6 Å². The van der Waals surface area contributed by atoms with Gasteiger partial charge in [-0.05, 0) is 17.7 Å². The fraction of sp³-hybridized carbons (Fsp3) is 0.308. The zero-order chi connectivity index (χ0) is 13.8. The molecular formula is C13H16FN3OS. The lowest BCUT2D eigenvalue weighted by Gasteiger charge is -2.12. The molecule has 1 unspecified atom stereocenters. The predicted octanol–water partition coefficient (Wildman–Crippen LogP) is 2.36. The normalized spacial score (nSPS) is 12.4. The van der Waals surface area contributed by atoms with Crippen molar-refractivity contribution >= 4 is 11.8 Å². The van der Waals surface area contributed by atoms with Crippen LogP contribution < -0.4 is 10.5 Å². The third-order valence-electron chi connectivity index (χ3n) is 2.71. The summed E-state index contributed by atoms with van der Waals surface area (Å²) in [6.07, 6.45) is 3.71. The van der Waals surface area contributed by atoms with Crippen molar-refractivity contribution in [2.75, 3.05) is 12.9 Å². The molecule has 102 valence electrons. The molecule has 0 aliphatic heterocycles. The Hall–Kier alpha value is -1.53. The first kappa shape index (κ1) is 13.9. The molecule has 0 saturated heterocycles. The van der Waals surface area contributed by atoms with E-state index in [1.807, 2.05) is 13.2 Å². The van der Waals surface area contributed by atoms with E-state index < -0.39 is 0 Å². The Balaban J connectivity index is 1.99. The Labute approximate surface area is 115 Å². The second-order valence-electron chi connectivity index (χ2n) is 4.16. The van der Waals surface area contributed by atoms with Crippen LogP contribution in [0.5, 0.6) is 5.75 Å². The summed E-state index contributed by atoms with van der Waals surface area (Å²) in [5.41, 5.74) is 6.81. The fourth-order valence-electron chi connectivity index (χ4n) is 1.67. The lowest BCUT2D eigenvalue weighted by atomic mass is 10.1. The molecule has 0 aliphatic carbocycles. The summed E-state index contributed by atoms with van der Waals surface area (Å²) in [6, 6.07) is 4.58.